The molecule has 1 aliphatic rings. The third kappa shape index (κ3) is 4.37. The van der Waals surface area contributed by atoms with Gasteiger partial charge in [0, 0.05) is 39.3 Å². The predicted octanol–water partition coefficient (Wildman–Crippen LogP) is 0.0486. The van der Waals surface area contributed by atoms with Crippen LogP contribution in [0.5, 0.6) is 0 Å². The summed E-state index contributed by atoms with van der Waals surface area (Å²) in [6.45, 7) is 6.59. The number of carbonyl (C=O) groups is 1. The van der Waals surface area contributed by atoms with Crippen LogP contribution < -0.4 is 5.32 Å². The monoisotopic (exact) mass is 293 g/mol. The highest BCUT2D eigenvalue weighted by molar-refractivity contribution is 5.92. The van der Waals surface area contributed by atoms with Crippen LogP contribution in [0.3, 0.4) is 0 Å². The molecule has 1 aromatic rings. The van der Waals surface area contributed by atoms with Gasteiger partial charge in [-0.25, -0.2) is 4.98 Å². The highest BCUT2D eigenvalue weighted by Crippen LogP contribution is 2.08. The molecule has 1 fully saturated rings. The highest BCUT2D eigenvalue weighted by atomic mass is 16.3. The lowest BCUT2D eigenvalue weighted by Gasteiger charge is -2.34. The van der Waals surface area contributed by atoms with E-state index in [1.54, 1.807) is 11.1 Å². The number of hydrogen-bond acceptors (Lipinski definition) is 6. The predicted molar refractivity (Wildman–Crippen MR) is 80.2 cm³/mol. The van der Waals surface area contributed by atoms with Gasteiger partial charge in [-0.3, -0.25) is 14.7 Å². The first kappa shape index (κ1) is 15.7. The first-order valence-electron chi connectivity index (χ1n) is 7.43. The maximum absolute atomic E-state index is 12.4. The second kappa shape index (κ2) is 7.90. The Hall–Kier alpha value is -1.73. The average Bonchev–Trinajstić information content (AvgIpc) is 2.53. The van der Waals surface area contributed by atoms with Gasteiger partial charge in [0.1, 0.15) is 11.5 Å². The summed E-state index contributed by atoms with van der Waals surface area (Å²) in [7, 11) is 0. The minimum Gasteiger partial charge on any atom is -0.395 e. The molecule has 1 saturated heterocycles. The van der Waals surface area contributed by atoms with Crippen molar-refractivity contribution >= 4 is 11.7 Å². The van der Waals surface area contributed by atoms with Crippen LogP contribution in [0.4, 0.5) is 5.82 Å². The van der Waals surface area contributed by atoms with E-state index < -0.39 is 0 Å². The summed E-state index contributed by atoms with van der Waals surface area (Å²) in [5.41, 5.74) is 0.381. The van der Waals surface area contributed by atoms with E-state index in [2.05, 4.69) is 27.1 Å². The van der Waals surface area contributed by atoms with E-state index in [1.807, 2.05) is 0 Å². The second-order valence-electron chi connectivity index (χ2n) is 5.07. The Morgan fingerprint density at radius 1 is 1.33 bits per heavy atom. The Morgan fingerprint density at radius 2 is 2.10 bits per heavy atom. The summed E-state index contributed by atoms with van der Waals surface area (Å²) in [4.78, 5) is 24.8. The van der Waals surface area contributed by atoms with Crippen LogP contribution in [-0.4, -0.2) is 76.7 Å². The number of aliphatic hydroxyl groups is 1. The molecule has 0 atom stereocenters. The molecular formula is C14H23N5O2. The number of amides is 1. The number of nitrogens with one attached hydrogen (secondary N) is 1. The van der Waals surface area contributed by atoms with Gasteiger partial charge in [-0.05, 0) is 6.42 Å². The number of aromatic nitrogens is 2. The average molecular weight is 293 g/mol. The molecule has 7 nitrogen and oxygen atoms in total. The van der Waals surface area contributed by atoms with E-state index in [1.165, 1.54) is 6.20 Å². The lowest BCUT2D eigenvalue weighted by Crippen LogP contribution is -2.49. The summed E-state index contributed by atoms with van der Waals surface area (Å²) in [6.07, 6.45) is 4.14. The van der Waals surface area contributed by atoms with Crippen LogP contribution in [0.25, 0.3) is 0 Å². The van der Waals surface area contributed by atoms with E-state index >= 15 is 0 Å². The molecule has 116 valence electrons. The minimum atomic E-state index is -0.0775. The molecular weight excluding hydrogens is 270 g/mol. The molecule has 2 rings (SSSR count). The van der Waals surface area contributed by atoms with Gasteiger partial charge in [-0.15, -0.1) is 0 Å². The van der Waals surface area contributed by atoms with Gasteiger partial charge in [0.25, 0.3) is 5.91 Å². The van der Waals surface area contributed by atoms with Crippen molar-refractivity contribution in [2.45, 2.75) is 13.3 Å². The SMILES string of the molecule is CCCNc1cncc(C(=O)N2CCN(CCO)CC2)n1. The zero-order valence-corrected chi connectivity index (χ0v) is 12.5. The van der Waals surface area contributed by atoms with Crippen molar-refractivity contribution in [3.05, 3.63) is 18.1 Å². The number of carbonyl (C=O) groups excluding carboxylic acids is 1. The van der Waals surface area contributed by atoms with E-state index in [0.717, 1.165) is 26.1 Å². The molecule has 1 aromatic heterocycles. The number of aliphatic hydroxyl groups excluding tert-OH is 1. The summed E-state index contributed by atoms with van der Waals surface area (Å²) in [5.74, 6) is 0.563. The van der Waals surface area contributed by atoms with Crippen molar-refractivity contribution in [2.24, 2.45) is 0 Å². The van der Waals surface area contributed by atoms with Crippen LogP contribution in [0.2, 0.25) is 0 Å². The Bertz CT molecular complexity index is 460. The van der Waals surface area contributed by atoms with Crippen LogP contribution in [-0.2, 0) is 0 Å². The van der Waals surface area contributed by atoms with Gasteiger partial charge in [-0.1, -0.05) is 6.92 Å². The molecule has 7 heteroatoms. The number of β-amino-alcohol motifs (C(OH)–C–C–N with tert-alkyl or cyclic N) is 1. The fourth-order valence-corrected chi connectivity index (χ4v) is 2.29. The Morgan fingerprint density at radius 3 is 2.76 bits per heavy atom. The Labute approximate surface area is 125 Å². The Kier molecular flexibility index (Phi) is 5.89. The summed E-state index contributed by atoms with van der Waals surface area (Å²) in [6, 6.07) is 0. The number of piperazine rings is 1. The quantitative estimate of drug-likeness (QED) is 0.771. The van der Waals surface area contributed by atoms with Crippen LogP contribution >= 0.6 is 0 Å². The normalized spacial score (nSPS) is 16.0. The van der Waals surface area contributed by atoms with Gasteiger partial charge in [0.05, 0.1) is 19.0 Å². The van der Waals surface area contributed by atoms with Crippen molar-refractivity contribution in [3.63, 3.8) is 0 Å². The molecule has 21 heavy (non-hydrogen) atoms. The molecule has 2 heterocycles. The molecule has 1 aliphatic heterocycles. The first-order chi connectivity index (χ1) is 10.2. The maximum Gasteiger partial charge on any atom is 0.274 e. The molecule has 0 aromatic carbocycles. The zero-order valence-electron chi connectivity index (χ0n) is 12.5. The van der Waals surface area contributed by atoms with E-state index in [-0.39, 0.29) is 12.5 Å². The lowest BCUT2D eigenvalue weighted by molar-refractivity contribution is 0.0609. The number of rotatable bonds is 6. The fraction of sp³-hybridized carbons (Fsp3) is 0.643. The summed E-state index contributed by atoms with van der Waals surface area (Å²) < 4.78 is 0. The highest BCUT2D eigenvalue weighted by Gasteiger charge is 2.23. The van der Waals surface area contributed by atoms with Gasteiger partial charge in [0.2, 0.25) is 0 Å². The van der Waals surface area contributed by atoms with Gasteiger partial charge in [0.15, 0.2) is 0 Å². The molecule has 0 bridgehead atoms. The first-order valence-corrected chi connectivity index (χ1v) is 7.43. The van der Waals surface area contributed by atoms with Crippen molar-refractivity contribution in [1.82, 2.24) is 19.8 Å². The molecule has 0 unspecified atom stereocenters. The topological polar surface area (TPSA) is 81.6 Å². The molecule has 1 amide bonds. The van der Waals surface area contributed by atoms with E-state index in [4.69, 9.17) is 5.11 Å². The molecule has 0 spiro atoms. The van der Waals surface area contributed by atoms with E-state index in [0.29, 0.717) is 31.1 Å². The minimum absolute atomic E-state index is 0.0775. The lowest BCUT2D eigenvalue weighted by atomic mass is 10.3. The second-order valence-corrected chi connectivity index (χ2v) is 5.07. The number of anilines is 1. The van der Waals surface area contributed by atoms with Crippen molar-refractivity contribution in [2.75, 3.05) is 51.2 Å². The maximum atomic E-state index is 12.4. The standard InChI is InChI=1S/C14H23N5O2/c1-2-3-16-13-11-15-10-12(17-13)14(21)19-6-4-18(5-7-19)8-9-20/h10-11,20H,2-9H2,1H3,(H,16,17). The Balaban J connectivity index is 1.94. The van der Waals surface area contributed by atoms with Crippen molar-refractivity contribution < 1.29 is 9.90 Å². The molecule has 2 N–H and O–H groups in total. The summed E-state index contributed by atoms with van der Waals surface area (Å²) >= 11 is 0. The largest absolute Gasteiger partial charge is 0.395 e. The molecule has 0 radical (unpaired) electrons. The molecule has 0 saturated carbocycles. The van der Waals surface area contributed by atoms with Crippen LogP contribution in [0, 0.1) is 0 Å². The van der Waals surface area contributed by atoms with Crippen LogP contribution in [0.15, 0.2) is 12.4 Å². The third-order valence-electron chi connectivity index (χ3n) is 3.49. The number of hydrogen-bond donors (Lipinski definition) is 2. The third-order valence-corrected chi connectivity index (χ3v) is 3.49. The van der Waals surface area contributed by atoms with Crippen molar-refractivity contribution in [1.29, 1.82) is 0 Å². The van der Waals surface area contributed by atoms with Gasteiger partial charge in [-0.2, -0.15) is 0 Å². The smallest absolute Gasteiger partial charge is 0.274 e. The zero-order chi connectivity index (χ0) is 15.1. The van der Waals surface area contributed by atoms with Gasteiger partial charge >= 0.3 is 0 Å². The fourth-order valence-electron chi connectivity index (χ4n) is 2.29. The summed E-state index contributed by atoms with van der Waals surface area (Å²) in [5, 5.41) is 12.1. The van der Waals surface area contributed by atoms with Gasteiger partial charge < -0.3 is 15.3 Å². The molecule has 0 aliphatic carbocycles. The van der Waals surface area contributed by atoms with Crippen molar-refractivity contribution in [3.8, 4) is 0 Å². The number of nitrogens with zero attached hydrogens (tertiary/aromatic N) is 4. The van der Waals surface area contributed by atoms with E-state index in [9.17, 15) is 4.79 Å². The van der Waals surface area contributed by atoms with Crippen LogP contribution in [0.1, 0.15) is 23.8 Å².